The van der Waals surface area contributed by atoms with Crippen LogP contribution in [0.2, 0.25) is 0 Å². The van der Waals surface area contributed by atoms with Crippen LogP contribution in [0.5, 0.6) is 5.75 Å². The molecule has 1 fully saturated rings. The summed E-state index contributed by atoms with van der Waals surface area (Å²) in [7, 11) is -2.20. The molecule has 0 bridgehead atoms. The Balaban J connectivity index is 1.65. The summed E-state index contributed by atoms with van der Waals surface area (Å²) < 4.78 is 32.4. The van der Waals surface area contributed by atoms with Crippen LogP contribution in [0.4, 0.5) is 22.7 Å². The van der Waals surface area contributed by atoms with Gasteiger partial charge in [0.2, 0.25) is 10.0 Å². The molecule has 0 aliphatic carbocycles. The number of anilines is 3. The fraction of sp³-hybridized carbons (Fsp3) is 0.417. The number of benzene rings is 2. The SMILES string of the molecule is C=CNc1ccc(CC2CCN(CC)CC2)nc1C(N)=Nc1cc(C(=O)Nc2cc(C(C)(C)C)cc(NS(C)(=O)=O)c2OC)ccc1C. The maximum atomic E-state index is 13.7. The minimum Gasteiger partial charge on any atom is -0.492 e. The number of nitrogens with two attached hydrogens (primary N) is 1. The first-order valence-corrected chi connectivity index (χ1v) is 18.1. The normalized spacial score (nSPS) is 14.8. The van der Waals surface area contributed by atoms with E-state index in [0.29, 0.717) is 34.2 Å². The molecule has 0 atom stereocenters. The Labute approximate surface area is 285 Å². The Morgan fingerprint density at radius 2 is 1.81 bits per heavy atom. The van der Waals surface area contributed by atoms with Crippen LogP contribution in [0, 0.1) is 12.8 Å². The Bertz CT molecular complexity index is 1790. The number of amides is 1. The lowest BCUT2D eigenvalue weighted by Gasteiger charge is -2.30. The maximum Gasteiger partial charge on any atom is 0.255 e. The van der Waals surface area contributed by atoms with Crippen molar-refractivity contribution in [3.8, 4) is 5.75 Å². The molecule has 48 heavy (non-hydrogen) atoms. The van der Waals surface area contributed by atoms with E-state index in [4.69, 9.17) is 20.4 Å². The number of ether oxygens (including phenoxy) is 1. The molecule has 12 heteroatoms. The van der Waals surface area contributed by atoms with Crippen molar-refractivity contribution < 1.29 is 17.9 Å². The molecule has 1 aliphatic heterocycles. The van der Waals surface area contributed by atoms with Crippen LogP contribution in [-0.2, 0) is 21.9 Å². The Morgan fingerprint density at radius 1 is 1.12 bits per heavy atom. The van der Waals surface area contributed by atoms with E-state index in [0.717, 1.165) is 62.0 Å². The van der Waals surface area contributed by atoms with Crippen molar-refractivity contribution in [1.82, 2.24) is 9.88 Å². The van der Waals surface area contributed by atoms with Gasteiger partial charge in [-0.2, -0.15) is 0 Å². The number of carbonyl (C=O) groups is 1. The number of nitrogens with one attached hydrogen (secondary N) is 3. The number of sulfonamides is 1. The van der Waals surface area contributed by atoms with Crippen molar-refractivity contribution in [2.75, 3.05) is 48.4 Å². The first-order valence-electron chi connectivity index (χ1n) is 16.2. The number of methoxy groups -OCH3 is 1. The van der Waals surface area contributed by atoms with Crippen LogP contribution < -0.4 is 25.8 Å². The average Bonchev–Trinajstić information content (AvgIpc) is 3.02. The van der Waals surface area contributed by atoms with Gasteiger partial charge in [0.1, 0.15) is 5.69 Å². The standard InChI is InChI=1S/C36H49N7O4S/c1-9-38-28-14-13-27(19-24-15-17-43(10-2)18-16-24)39-32(28)34(37)40-29-20-25(12-11-23(29)3)35(44)41-30-21-26(36(4,5)6)22-31(33(30)47-7)42-48(8,45)46/h9,11-14,20-22,24,38,42H,1,10,15-19H2,2-8H3,(H2,37,40)(H,41,44). The summed E-state index contributed by atoms with van der Waals surface area (Å²) in [4.78, 5) is 25.8. The van der Waals surface area contributed by atoms with Crippen LogP contribution in [0.1, 0.15) is 73.4 Å². The summed E-state index contributed by atoms with van der Waals surface area (Å²) >= 11 is 0. The molecule has 5 N–H and O–H groups in total. The monoisotopic (exact) mass is 675 g/mol. The van der Waals surface area contributed by atoms with E-state index in [2.05, 4.69) is 33.8 Å². The van der Waals surface area contributed by atoms with Gasteiger partial charge in [-0.1, -0.05) is 40.3 Å². The number of aromatic nitrogens is 1. The van der Waals surface area contributed by atoms with Gasteiger partial charge in [-0.3, -0.25) is 9.52 Å². The molecule has 0 spiro atoms. The van der Waals surface area contributed by atoms with Crippen LogP contribution >= 0.6 is 0 Å². The van der Waals surface area contributed by atoms with Gasteiger partial charge in [-0.15, -0.1) is 0 Å². The largest absolute Gasteiger partial charge is 0.492 e. The molecule has 4 rings (SSSR count). The van der Waals surface area contributed by atoms with Crippen LogP contribution in [0.25, 0.3) is 0 Å². The van der Waals surface area contributed by atoms with Crippen molar-refractivity contribution in [3.63, 3.8) is 0 Å². The number of likely N-dealkylation sites (tertiary alicyclic amines) is 1. The topological polar surface area (TPSA) is 151 Å². The van der Waals surface area contributed by atoms with Crippen LogP contribution in [0.3, 0.4) is 0 Å². The predicted molar refractivity (Wildman–Crippen MR) is 196 cm³/mol. The van der Waals surface area contributed by atoms with Gasteiger partial charge in [-0.25, -0.2) is 18.4 Å². The number of nitrogens with zero attached hydrogens (tertiary/aromatic N) is 3. The highest BCUT2D eigenvalue weighted by Crippen LogP contribution is 2.39. The van der Waals surface area contributed by atoms with Crippen LogP contribution in [0.15, 0.2) is 60.2 Å². The van der Waals surface area contributed by atoms with E-state index in [1.54, 1.807) is 36.5 Å². The third kappa shape index (κ3) is 9.35. The van der Waals surface area contributed by atoms with E-state index >= 15 is 0 Å². The fourth-order valence-corrected chi connectivity index (χ4v) is 6.29. The molecule has 3 aromatic rings. The summed E-state index contributed by atoms with van der Waals surface area (Å²) in [5.41, 5.74) is 11.4. The van der Waals surface area contributed by atoms with Gasteiger partial charge in [-0.05, 0) is 111 Å². The number of carbonyl (C=O) groups excluding carboxylic acids is 1. The molecule has 258 valence electrons. The molecule has 2 heterocycles. The fourth-order valence-electron chi connectivity index (χ4n) is 5.74. The second kappa shape index (κ2) is 15.2. The molecule has 1 amide bonds. The van der Waals surface area contributed by atoms with Crippen molar-refractivity contribution >= 4 is 44.5 Å². The number of rotatable bonds is 12. The van der Waals surface area contributed by atoms with Gasteiger partial charge in [0.15, 0.2) is 11.6 Å². The van der Waals surface area contributed by atoms with Gasteiger partial charge in [0.25, 0.3) is 5.91 Å². The molecule has 0 saturated carbocycles. The van der Waals surface area contributed by atoms with E-state index in [1.165, 1.54) is 7.11 Å². The number of aryl methyl sites for hydroxylation is 1. The van der Waals surface area contributed by atoms with Crippen molar-refractivity contribution in [2.45, 2.75) is 59.3 Å². The van der Waals surface area contributed by atoms with E-state index in [-0.39, 0.29) is 22.7 Å². The minimum absolute atomic E-state index is 0.195. The Morgan fingerprint density at radius 3 is 2.42 bits per heavy atom. The van der Waals surface area contributed by atoms with Crippen LogP contribution in [-0.4, -0.2) is 63.0 Å². The molecule has 2 aromatic carbocycles. The summed E-state index contributed by atoms with van der Waals surface area (Å²) in [6, 6.07) is 12.6. The second-order valence-electron chi connectivity index (χ2n) is 13.3. The molecule has 1 saturated heterocycles. The number of hydrogen-bond acceptors (Lipinski definition) is 8. The average molecular weight is 676 g/mol. The zero-order valence-corrected chi connectivity index (χ0v) is 29.9. The predicted octanol–water partition coefficient (Wildman–Crippen LogP) is 6.19. The molecule has 1 aromatic heterocycles. The Kier molecular flexibility index (Phi) is 11.5. The highest BCUT2D eigenvalue weighted by atomic mass is 32.2. The lowest BCUT2D eigenvalue weighted by molar-refractivity contribution is 0.102. The number of piperidine rings is 1. The summed E-state index contributed by atoms with van der Waals surface area (Å²) in [5, 5.41) is 6.03. The number of aliphatic imine (C=N–C) groups is 1. The third-order valence-corrected chi connectivity index (χ3v) is 9.11. The molecule has 0 unspecified atom stereocenters. The smallest absolute Gasteiger partial charge is 0.255 e. The third-order valence-electron chi connectivity index (χ3n) is 8.52. The maximum absolute atomic E-state index is 13.7. The highest BCUT2D eigenvalue weighted by molar-refractivity contribution is 7.92. The summed E-state index contributed by atoms with van der Waals surface area (Å²) in [5.74, 6) is 0.532. The van der Waals surface area contributed by atoms with Gasteiger partial charge < -0.3 is 26.0 Å². The molecular formula is C36H49N7O4S. The number of hydrogen-bond donors (Lipinski definition) is 4. The molecule has 0 radical (unpaired) electrons. The van der Waals surface area contributed by atoms with Crippen molar-refractivity contribution in [1.29, 1.82) is 0 Å². The summed E-state index contributed by atoms with van der Waals surface area (Å²) in [6.45, 7) is 17.2. The lowest BCUT2D eigenvalue weighted by atomic mass is 9.86. The zero-order valence-electron chi connectivity index (χ0n) is 29.1. The van der Waals surface area contributed by atoms with E-state index < -0.39 is 15.9 Å². The summed E-state index contributed by atoms with van der Waals surface area (Å²) in [6.07, 6.45) is 5.77. The first-order chi connectivity index (χ1) is 22.6. The highest BCUT2D eigenvalue weighted by Gasteiger charge is 2.23. The molecular weight excluding hydrogens is 627 g/mol. The second-order valence-corrected chi connectivity index (χ2v) is 15.1. The first kappa shape index (κ1) is 36.4. The zero-order chi connectivity index (χ0) is 35.2. The molecule has 1 aliphatic rings. The van der Waals surface area contributed by atoms with Crippen molar-refractivity contribution in [3.05, 3.63) is 83.3 Å². The van der Waals surface area contributed by atoms with E-state index in [1.807, 2.05) is 39.8 Å². The van der Waals surface area contributed by atoms with Crippen molar-refractivity contribution in [2.24, 2.45) is 16.6 Å². The number of amidine groups is 1. The van der Waals surface area contributed by atoms with Gasteiger partial charge in [0.05, 0.1) is 36.1 Å². The van der Waals surface area contributed by atoms with E-state index in [9.17, 15) is 13.2 Å². The minimum atomic E-state index is -3.62. The lowest BCUT2D eigenvalue weighted by Crippen LogP contribution is -2.34. The van der Waals surface area contributed by atoms with Gasteiger partial charge in [0, 0.05) is 11.3 Å². The molecule has 11 nitrogen and oxygen atoms in total. The number of pyridine rings is 1. The quantitative estimate of drug-likeness (QED) is 0.131. The Hall–Kier alpha value is -4.42. The van der Waals surface area contributed by atoms with Gasteiger partial charge >= 0.3 is 0 Å².